The minimum Gasteiger partial charge on any atom is -0.481 e. The number of ether oxygens (including phenoxy) is 1. The molecule has 3 aromatic rings. The fourth-order valence-electron chi connectivity index (χ4n) is 4.92. The minimum atomic E-state index is -0.836. The van der Waals surface area contributed by atoms with Crippen LogP contribution in [0.5, 0.6) is 0 Å². The zero-order valence-corrected chi connectivity index (χ0v) is 19.5. The van der Waals surface area contributed by atoms with Gasteiger partial charge in [-0.2, -0.15) is 5.10 Å². The number of hydrogen-bond acceptors (Lipinski definition) is 5. The number of carboxylic acids is 1. The van der Waals surface area contributed by atoms with Crippen LogP contribution in [0.2, 0.25) is 0 Å². The number of carbonyl (C=O) groups excluding carboxylic acids is 2. The van der Waals surface area contributed by atoms with E-state index in [1.807, 2.05) is 24.3 Å². The van der Waals surface area contributed by atoms with Gasteiger partial charge >= 0.3 is 12.1 Å². The summed E-state index contributed by atoms with van der Waals surface area (Å²) in [5, 5.41) is 15.9. The molecule has 9 heteroatoms. The van der Waals surface area contributed by atoms with E-state index >= 15 is 0 Å². The molecule has 5 rings (SSSR count). The lowest BCUT2D eigenvalue weighted by molar-refractivity contribution is -0.146. The van der Waals surface area contributed by atoms with Gasteiger partial charge in [-0.1, -0.05) is 48.5 Å². The summed E-state index contributed by atoms with van der Waals surface area (Å²) in [6.45, 7) is 0.174. The maximum Gasteiger partial charge on any atom is 0.412 e. The van der Waals surface area contributed by atoms with E-state index < -0.39 is 18.0 Å². The molecular weight excluding hydrogens is 448 g/mol. The van der Waals surface area contributed by atoms with Crippen molar-refractivity contribution in [1.29, 1.82) is 0 Å². The smallest absolute Gasteiger partial charge is 0.412 e. The lowest BCUT2D eigenvalue weighted by atomic mass is 9.79. The number of nitrogens with zero attached hydrogens (tertiary/aromatic N) is 3. The molecule has 2 N–H and O–H groups in total. The number of nitrogens with one attached hydrogen (secondary N) is 1. The third-order valence-corrected chi connectivity index (χ3v) is 7.00. The van der Waals surface area contributed by atoms with Crippen molar-refractivity contribution >= 4 is 23.8 Å². The average Bonchev–Trinajstić information content (AvgIpc) is 3.33. The standard InChI is InChI=1S/C26H26N4O5/c1-29(16-11-15(12-16)25(32)33)24(31)22-13-23(28-30(22)2)27-26(34)35-14-21-19-9-5-3-7-17(19)18-8-4-6-10-20(18)21/h3-10,13,15-16,21H,11-12,14H2,1-2H3,(H,32,33)(H,27,28,34). The number of aliphatic carboxylic acids is 1. The molecule has 0 spiro atoms. The lowest BCUT2D eigenvalue weighted by Crippen LogP contribution is -2.48. The maximum absolute atomic E-state index is 12.9. The number of anilines is 1. The first-order valence-corrected chi connectivity index (χ1v) is 11.5. The number of carbonyl (C=O) groups is 3. The first-order valence-electron chi connectivity index (χ1n) is 11.5. The molecule has 1 saturated carbocycles. The first kappa shape index (κ1) is 22.6. The highest BCUT2D eigenvalue weighted by Gasteiger charge is 2.39. The fraction of sp³-hybridized carbons (Fsp3) is 0.308. The molecule has 0 bridgehead atoms. The molecule has 0 atom stereocenters. The molecule has 0 radical (unpaired) electrons. The summed E-state index contributed by atoms with van der Waals surface area (Å²) in [7, 11) is 3.27. The number of aryl methyl sites for hydroxylation is 1. The topological polar surface area (TPSA) is 114 Å². The Morgan fingerprint density at radius 2 is 1.69 bits per heavy atom. The zero-order chi connectivity index (χ0) is 24.7. The second kappa shape index (κ2) is 8.90. The molecule has 2 aromatic carbocycles. The minimum absolute atomic E-state index is 0.0558. The van der Waals surface area contributed by atoms with Gasteiger partial charge in [0.2, 0.25) is 0 Å². The predicted molar refractivity (Wildman–Crippen MR) is 128 cm³/mol. The summed E-state index contributed by atoms with van der Waals surface area (Å²) >= 11 is 0. The molecule has 2 amide bonds. The summed E-state index contributed by atoms with van der Waals surface area (Å²) < 4.78 is 6.94. The summed E-state index contributed by atoms with van der Waals surface area (Å²) in [6.07, 6.45) is 0.209. The Morgan fingerprint density at radius 3 is 2.29 bits per heavy atom. The Hall–Kier alpha value is -4.14. The third kappa shape index (κ3) is 4.14. The number of aromatic nitrogens is 2. The molecule has 180 valence electrons. The number of hydrogen-bond donors (Lipinski definition) is 2. The Bertz CT molecular complexity index is 1270. The van der Waals surface area contributed by atoms with Crippen molar-refractivity contribution in [2.45, 2.75) is 24.8 Å². The van der Waals surface area contributed by atoms with Crippen molar-refractivity contribution in [3.05, 3.63) is 71.4 Å². The van der Waals surface area contributed by atoms with E-state index in [4.69, 9.17) is 9.84 Å². The van der Waals surface area contributed by atoms with E-state index in [-0.39, 0.29) is 30.3 Å². The van der Waals surface area contributed by atoms with Crippen LogP contribution >= 0.6 is 0 Å². The normalized spacial score (nSPS) is 18.2. The van der Waals surface area contributed by atoms with Gasteiger partial charge in [0, 0.05) is 32.1 Å². The second-order valence-corrected chi connectivity index (χ2v) is 9.07. The van der Waals surface area contributed by atoms with Crippen LogP contribution in [0.15, 0.2) is 54.6 Å². The van der Waals surface area contributed by atoms with E-state index in [0.717, 1.165) is 22.3 Å². The number of benzene rings is 2. The Morgan fingerprint density at radius 1 is 1.09 bits per heavy atom. The number of amides is 2. The van der Waals surface area contributed by atoms with Gasteiger partial charge < -0.3 is 14.7 Å². The molecule has 1 fully saturated rings. The van der Waals surface area contributed by atoms with Gasteiger partial charge in [-0.3, -0.25) is 19.6 Å². The second-order valence-electron chi connectivity index (χ2n) is 9.07. The highest BCUT2D eigenvalue weighted by molar-refractivity contribution is 5.94. The van der Waals surface area contributed by atoms with Crippen LogP contribution in [-0.2, 0) is 16.6 Å². The Kier molecular flexibility index (Phi) is 5.76. The van der Waals surface area contributed by atoms with Crippen LogP contribution in [0.1, 0.15) is 40.4 Å². The number of fused-ring (bicyclic) bond motifs is 3. The molecule has 1 heterocycles. The summed E-state index contributed by atoms with van der Waals surface area (Å²) in [6, 6.07) is 17.6. The fourth-order valence-corrected chi connectivity index (χ4v) is 4.92. The van der Waals surface area contributed by atoms with Crippen LogP contribution < -0.4 is 5.32 Å². The molecule has 0 saturated heterocycles. The van der Waals surface area contributed by atoms with Crippen LogP contribution in [-0.4, -0.2) is 57.5 Å². The van der Waals surface area contributed by atoms with Crippen LogP contribution in [0.4, 0.5) is 10.6 Å². The van der Waals surface area contributed by atoms with Gasteiger partial charge in [0.25, 0.3) is 5.91 Å². The Balaban J connectivity index is 1.21. The highest BCUT2D eigenvalue weighted by Crippen LogP contribution is 2.44. The van der Waals surface area contributed by atoms with E-state index in [0.29, 0.717) is 18.5 Å². The van der Waals surface area contributed by atoms with Gasteiger partial charge in [-0.05, 0) is 35.1 Å². The highest BCUT2D eigenvalue weighted by atomic mass is 16.5. The average molecular weight is 475 g/mol. The van der Waals surface area contributed by atoms with E-state index in [1.165, 1.54) is 15.6 Å². The van der Waals surface area contributed by atoms with Gasteiger partial charge in [0.15, 0.2) is 5.82 Å². The number of rotatable bonds is 6. The van der Waals surface area contributed by atoms with Crippen molar-refractivity contribution in [3.8, 4) is 11.1 Å². The van der Waals surface area contributed by atoms with Crippen molar-refractivity contribution in [2.24, 2.45) is 13.0 Å². The van der Waals surface area contributed by atoms with Crippen LogP contribution in [0, 0.1) is 5.92 Å². The molecule has 2 aliphatic rings. The monoisotopic (exact) mass is 474 g/mol. The third-order valence-electron chi connectivity index (χ3n) is 7.00. The zero-order valence-electron chi connectivity index (χ0n) is 19.5. The van der Waals surface area contributed by atoms with Gasteiger partial charge in [-0.25, -0.2) is 4.79 Å². The van der Waals surface area contributed by atoms with Crippen molar-refractivity contribution < 1.29 is 24.2 Å². The molecule has 2 aliphatic carbocycles. The number of carboxylic acid groups (broad SMARTS) is 1. The summed E-state index contributed by atoms with van der Waals surface area (Å²) in [4.78, 5) is 38.0. The largest absolute Gasteiger partial charge is 0.481 e. The van der Waals surface area contributed by atoms with E-state index in [9.17, 15) is 14.4 Å². The molecule has 35 heavy (non-hydrogen) atoms. The predicted octanol–water partition coefficient (Wildman–Crippen LogP) is 3.72. The van der Waals surface area contributed by atoms with Crippen LogP contribution in [0.25, 0.3) is 11.1 Å². The molecular formula is C26H26N4O5. The van der Waals surface area contributed by atoms with Gasteiger partial charge in [0.05, 0.1) is 5.92 Å². The molecule has 0 unspecified atom stereocenters. The SMILES string of the molecule is CN(C(=O)c1cc(NC(=O)OCC2c3ccccc3-c3ccccc32)nn1C)C1CC(C(=O)O)C1. The summed E-state index contributed by atoms with van der Waals surface area (Å²) in [5.74, 6) is -1.38. The maximum atomic E-state index is 12.9. The first-order chi connectivity index (χ1) is 16.8. The summed E-state index contributed by atoms with van der Waals surface area (Å²) in [5.41, 5.74) is 4.83. The Labute approximate surface area is 202 Å². The van der Waals surface area contributed by atoms with E-state index in [1.54, 1.807) is 14.1 Å². The van der Waals surface area contributed by atoms with Crippen molar-refractivity contribution in [1.82, 2.24) is 14.7 Å². The van der Waals surface area contributed by atoms with Gasteiger partial charge in [-0.15, -0.1) is 0 Å². The molecule has 1 aromatic heterocycles. The van der Waals surface area contributed by atoms with E-state index in [2.05, 4.69) is 34.7 Å². The lowest BCUT2D eigenvalue weighted by Gasteiger charge is -2.38. The quantitative estimate of drug-likeness (QED) is 0.563. The van der Waals surface area contributed by atoms with Crippen molar-refractivity contribution in [3.63, 3.8) is 0 Å². The molecule has 9 nitrogen and oxygen atoms in total. The van der Waals surface area contributed by atoms with Crippen molar-refractivity contribution in [2.75, 3.05) is 19.0 Å². The van der Waals surface area contributed by atoms with Gasteiger partial charge in [0.1, 0.15) is 12.3 Å². The van der Waals surface area contributed by atoms with Crippen LogP contribution in [0.3, 0.4) is 0 Å². The molecule has 0 aliphatic heterocycles.